The summed E-state index contributed by atoms with van der Waals surface area (Å²) in [6, 6.07) is 5.00. The van der Waals surface area contributed by atoms with Gasteiger partial charge in [-0.1, -0.05) is 30.1 Å². The molecule has 1 rings (SSSR count). The number of carbonyl (C=O) groups is 1. The number of halogens is 2. The molecule has 112 valence electrons. The van der Waals surface area contributed by atoms with E-state index < -0.39 is 0 Å². The lowest BCUT2D eigenvalue weighted by Gasteiger charge is -2.20. The van der Waals surface area contributed by atoms with E-state index in [0.29, 0.717) is 22.2 Å². The van der Waals surface area contributed by atoms with Gasteiger partial charge in [0.25, 0.3) is 0 Å². The number of Topliss-reactive ketones (excluding diaryl/α,β-unsaturated/α-hetero) is 1. The molecule has 1 aromatic rings. The fraction of sp³-hybridized carbons (Fsp3) is 0.533. The molecule has 20 heavy (non-hydrogen) atoms. The third-order valence-electron chi connectivity index (χ3n) is 3.13. The second kappa shape index (κ2) is 8.63. The van der Waals surface area contributed by atoms with Gasteiger partial charge in [-0.05, 0) is 58.3 Å². The fourth-order valence-electron chi connectivity index (χ4n) is 1.96. The SMILES string of the molecule is CCN(CCCN(C)C)CC(=O)c1ccc(Cl)cc1Cl. The Hall–Kier alpha value is -0.610. The Labute approximate surface area is 131 Å². The summed E-state index contributed by atoms with van der Waals surface area (Å²) < 4.78 is 0. The number of nitrogens with zero attached hydrogens (tertiary/aromatic N) is 2. The standard InChI is InChI=1S/C15H22Cl2N2O/c1-4-19(9-5-8-18(2)3)11-15(20)13-7-6-12(16)10-14(13)17/h6-7,10H,4-5,8-9,11H2,1-3H3. The van der Waals surface area contributed by atoms with Crippen molar-refractivity contribution in [2.45, 2.75) is 13.3 Å². The number of carbonyl (C=O) groups excluding carboxylic acids is 1. The Kier molecular flexibility index (Phi) is 7.52. The van der Waals surface area contributed by atoms with Gasteiger partial charge in [0.1, 0.15) is 0 Å². The van der Waals surface area contributed by atoms with Gasteiger partial charge in [-0.2, -0.15) is 0 Å². The lowest BCUT2D eigenvalue weighted by molar-refractivity contribution is 0.0932. The van der Waals surface area contributed by atoms with E-state index in [-0.39, 0.29) is 5.78 Å². The number of likely N-dealkylation sites (N-methyl/N-ethyl adjacent to an activating group) is 1. The summed E-state index contributed by atoms with van der Waals surface area (Å²) in [4.78, 5) is 16.5. The van der Waals surface area contributed by atoms with E-state index in [1.165, 1.54) is 0 Å². The van der Waals surface area contributed by atoms with Crippen LogP contribution in [0, 0.1) is 0 Å². The number of benzene rings is 1. The first-order valence-corrected chi connectivity index (χ1v) is 7.55. The van der Waals surface area contributed by atoms with Crippen LogP contribution < -0.4 is 0 Å². The topological polar surface area (TPSA) is 23.6 Å². The van der Waals surface area contributed by atoms with Crippen LogP contribution in [0.15, 0.2) is 18.2 Å². The van der Waals surface area contributed by atoms with Crippen molar-refractivity contribution in [2.75, 3.05) is 40.3 Å². The van der Waals surface area contributed by atoms with Crippen molar-refractivity contribution in [3.63, 3.8) is 0 Å². The lowest BCUT2D eigenvalue weighted by Crippen LogP contribution is -2.32. The average Bonchev–Trinajstić information content (AvgIpc) is 2.36. The summed E-state index contributed by atoms with van der Waals surface area (Å²) in [7, 11) is 4.10. The first-order chi connectivity index (χ1) is 9.43. The predicted molar refractivity (Wildman–Crippen MR) is 86.1 cm³/mol. The van der Waals surface area contributed by atoms with Gasteiger partial charge in [-0.25, -0.2) is 0 Å². The Balaban J connectivity index is 2.58. The van der Waals surface area contributed by atoms with Gasteiger partial charge < -0.3 is 4.90 Å². The van der Waals surface area contributed by atoms with Crippen molar-refractivity contribution in [1.82, 2.24) is 9.80 Å². The summed E-state index contributed by atoms with van der Waals surface area (Å²) in [5, 5.41) is 0.969. The molecule has 1 aromatic carbocycles. The van der Waals surface area contributed by atoms with Crippen molar-refractivity contribution in [2.24, 2.45) is 0 Å². The number of rotatable bonds is 8. The molecule has 0 saturated carbocycles. The monoisotopic (exact) mass is 316 g/mol. The number of hydrogen-bond acceptors (Lipinski definition) is 3. The fourth-order valence-corrected chi connectivity index (χ4v) is 2.48. The zero-order chi connectivity index (χ0) is 15.1. The van der Waals surface area contributed by atoms with E-state index in [9.17, 15) is 4.79 Å². The summed E-state index contributed by atoms with van der Waals surface area (Å²) >= 11 is 11.9. The molecule has 0 N–H and O–H groups in total. The highest BCUT2D eigenvalue weighted by Crippen LogP contribution is 2.21. The highest BCUT2D eigenvalue weighted by atomic mass is 35.5. The van der Waals surface area contributed by atoms with Gasteiger partial charge in [0, 0.05) is 10.6 Å². The highest BCUT2D eigenvalue weighted by Gasteiger charge is 2.14. The van der Waals surface area contributed by atoms with Crippen molar-refractivity contribution < 1.29 is 4.79 Å². The summed E-state index contributed by atoms with van der Waals surface area (Å²) in [6.07, 6.45) is 1.04. The Morgan fingerprint density at radius 1 is 1.20 bits per heavy atom. The highest BCUT2D eigenvalue weighted by molar-refractivity contribution is 6.36. The van der Waals surface area contributed by atoms with Crippen LogP contribution in [0.5, 0.6) is 0 Å². The van der Waals surface area contributed by atoms with Crippen LogP contribution in [-0.4, -0.2) is 55.9 Å². The van der Waals surface area contributed by atoms with E-state index in [1.807, 2.05) is 0 Å². The van der Waals surface area contributed by atoms with Crippen LogP contribution in [0.3, 0.4) is 0 Å². The van der Waals surface area contributed by atoms with Crippen LogP contribution in [-0.2, 0) is 0 Å². The summed E-state index contributed by atoms with van der Waals surface area (Å²) in [6.45, 7) is 5.24. The maximum absolute atomic E-state index is 12.3. The molecular formula is C15H22Cl2N2O. The molecule has 0 amide bonds. The van der Waals surface area contributed by atoms with Crippen LogP contribution in [0.25, 0.3) is 0 Å². The van der Waals surface area contributed by atoms with E-state index in [2.05, 4.69) is 30.8 Å². The first-order valence-electron chi connectivity index (χ1n) is 6.79. The van der Waals surface area contributed by atoms with Crippen LogP contribution in [0.4, 0.5) is 0 Å². The Bertz CT molecular complexity index is 449. The Morgan fingerprint density at radius 3 is 2.45 bits per heavy atom. The van der Waals surface area contributed by atoms with Crippen molar-refractivity contribution >= 4 is 29.0 Å². The van der Waals surface area contributed by atoms with Crippen molar-refractivity contribution in [3.05, 3.63) is 33.8 Å². The molecular weight excluding hydrogens is 295 g/mol. The average molecular weight is 317 g/mol. The smallest absolute Gasteiger partial charge is 0.178 e. The van der Waals surface area contributed by atoms with Gasteiger partial charge in [-0.3, -0.25) is 9.69 Å². The minimum absolute atomic E-state index is 0.0402. The molecule has 0 atom stereocenters. The molecule has 0 radical (unpaired) electrons. The molecule has 0 aromatic heterocycles. The van der Waals surface area contributed by atoms with Crippen LogP contribution in [0.2, 0.25) is 10.0 Å². The van der Waals surface area contributed by atoms with Gasteiger partial charge >= 0.3 is 0 Å². The van der Waals surface area contributed by atoms with Crippen molar-refractivity contribution in [3.8, 4) is 0 Å². The quantitative estimate of drug-likeness (QED) is 0.686. The third-order valence-corrected chi connectivity index (χ3v) is 3.67. The lowest BCUT2D eigenvalue weighted by atomic mass is 10.1. The zero-order valence-corrected chi connectivity index (χ0v) is 13.8. The molecule has 5 heteroatoms. The minimum Gasteiger partial charge on any atom is -0.309 e. The number of hydrogen-bond donors (Lipinski definition) is 0. The molecule has 0 aliphatic rings. The predicted octanol–water partition coefficient (Wildman–Crippen LogP) is 3.45. The van der Waals surface area contributed by atoms with Gasteiger partial charge in [0.2, 0.25) is 0 Å². The normalized spacial score (nSPS) is 11.3. The summed E-state index contributed by atoms with van der Waals surface area (Å²) in [5.74, 6) is 0.0402. The van der Waals surface area contributed by atoms with Crippen LogP contribution >= 0.6 is 23.2 Å². The molecule has 0 fully saturated rings. The van der Waals surface area contributed by atoms with E-state index in [0.717, 1.165) is 26.1 Å². The van der Waals surface area contributed by atoms with Gasteiger partial charge in [0.05, 0.1) is 11.6 Å². The molecule has 3 nitrogen and oxygen atoms in total. The van der Waals surface area contributed by atoms with Gasteiger partial charge in [-0.15, -0.1) is 0 Å². The van der Waals surface area contributed by atoms with Gasteiger partial charge in [0.15, 0.2) is 5.78 Å². The molecule has 0 heterocycles. The summed E-state index contributed by atoms with van der Waals surface area (Å²) in [5.41, 5.74) is 0.544. The van der Waals surface area contributed by atoms with E-state index >= 15 is 0 Å². The maximum Gasteiger partial charge on any atom is 0.178 e. The largest absolute Gasteiger partial charge is 0.309 e. The second-order valence-electron chi connectivity index (χ2n) is 5.07. The first kappa shape index (κ1) is 17.4. The number of ketones is 1. The molecule has 0 spiro atoms. The molecule has 0 aliphatic heterocycles. The Morgan fingerprint density at radius 2 is 1.90 bits per heavy atom. The van der Waals surface area contributed by atoms with E-state index in [1.54, 1.807) is 18.2 Å². The third kappa shape index (κ3) is 5.80. The maximum atomic E-state index is 12.3. The molecule has 0 unspecified atom stereocenters. The molecule has 0 saturated heterocycles. The second-order valence-corrected chi connectivity index (χ2v) is 5.92. The molecule has 0 aliphatic carbocycles. The molecule has 0 bridgehead atoms. The van der Waals surface area contributed by atoms with Crippen LogP contribution in [0.1, 0.15) is 23.7 Å². The van der Waals surface area contributed by atoms with Crippen molar-refractivity contribution in [1.29, 1.82) is 0 Å². The minimum atomic E-state index is 0.0402. The zero-order valence-electron chi connectivity index (χ0n) is 12.3. The van der Waals surface area contributed by atoms with E-state index in [4.69, 9.17) is 23.2 Å².